The SMILES string of the molecule is O=C(O)NC(Cn1ncnn1)c1c(Cl)cccc1Cl. The highest BCUT2D eigenvalue weighted by Crippen LogP contribution is 2.30. The Morgan fingerprint density at radius 2 is 2.11 bits per heavy atom. The van der Waals surface area contributed by atoms with E-state index >= 15 is 0 Å². The summed E-state index contributed by atoms with van der Waals surface area (Å²) in [6.45, 7) is 0.135. The smallest absolute Gasteiger partial charge is 0.405 e. The zero-order valence-corrected chi connectivity index (χ0v) is 11.0. The Morgan fingerprint density at radius 3 is 2.63 bits per heavy atom. The summed E-state index contributed by atoms with van der Waals surface area (Å²) in [5.41, 5.74) is 0.477. The van der Waals surface area contributed by atoms with E-state index < -0.39 is 12.1 Å². The second-order valence-corrected chi connectivity index (χ2v) is 4.44. The summed E-state index contributed by atoms with van der Waals surface area (Å²) < 4.78 is 0. The van der Waals surface area contributed by atoms with Gasteiger partial charge in [0.15, 0.2) is 6.33 Å². The molecule has 2 N–H and O–H groups in total. The fraction of sp³-hybridized carbons (Fsp3) is 0.200. The van der Waals surface area contributed by atoms with Crippen molar-refractivity contribution in [3.8, 4) is 0 Å². The standard InChI is InChI=1S/C10H9Cl2N5O2/c11-6-2-1-3-7(12)9(6)8(15-10(18)19)4-17-14-5-13-16-17/h1-3,5,8,15H,4H2,(H,18,19). The molecule has 0 fully saturated rings. The lowest BCUT2D eigenvalue weighted by molar-refractivity contribution is 0.187. The maximum atomic E-state index is 10.9. The minimum Gasteiger partial charge on any atom is -0.465 e. The van der Waals surface area contributed by atoms with E-state index in [1.54, 1.807) is 18.2 Å². The number of hydrogen-bond acceptors (Lipinski definition) is 4. The highest BCUT2D eigenvalue weighted by Gasteiger charge is 2.21. The van der Waals surface area contributed by atoms with Gasteiger partial charge in [-0.15, -0.1) is 10.2 Å². The van der Waals surface area contributed by atoms with Crippen LogP contribution in [0, 0.1) is 0 Å². The number of nitrogens with zero attached hydrogens (tertiary/aromatic N) is 4. The molecule has 0 radical (unpaired) electrons. The van der Waals surface area contributed by atoms with Gasteiger partial charge >= 0.3 is 6.09 Å². The number of benzene rings is 1. The fourth-order valence-corrected chi connectivity index (χ4v) is 2.30. The third kappa shape index (κ3) is 3.33. The third-order valence-corrected chi connectivity index (χ3v) is 3.04. The van der Waals surface area contributed by atoms with Crippen LogP contribution in [0.15, 0.2) is 24.5 Å². The number of halogens is 2. The van der Waals surface area contributed by atoms with E-state index in [9.17, 15) is 4.79 Å². The quantitative estimate of drug-likeness (QED) is 0.901. The zero-order valence-electron chi connectivity index (χ0n) is 9.49. The lowest BCUT2D eigenvalue weighted by Gasteiger charge is -2.19. The van der Waals surface area contributed by atoms with Gasteiger partial charge in [0, 0.05) is 15.6 Å². The van der Waals surface area contributed by atoms with Crippen molar-refractivity contribution in [3.63, 3.8) is 0 Å². The molecule has 0 aliphatic rings. The van der Waals surface area contributed by atoms with Crippen LogP contribution in [0.1, 0.15) is 11.6 Å². The van der Waals surface area contributed by atoms with Gasteiger partial charge in [0.05, 0.1) is 12.6 Å². The van der Waals surface area contributed by atoms with Crippen LogP contribution in [0.5, 0.6) is 0 Å². The molecule has 0 aliphatic carbocycles. The van der Waals surface area contributed by atoms with E-state index in [0.717, 1.165) is 0 Å². The van der Waals surface area contributed by atoms with Crippen LogP contribution >= 0.6 is 23.2 Å². The fourth-order valence-electron chi connectivity index (χ4n) is 1.64. The topological polar surface area (TPSA) is 92.9 Å². The molecule has 0 saturated carbocycles. The average molecular weight is 302 g/mol. The lowest BCUT2D eigenvalue weighted by atomic mass is 10.1. The van der Waals surface area contributed by atoms with E-state index in [2.05, 4.69) is 20.7 Å². The Labute approximate surface area is 118 Å². The molecule has 0 bridgehead atoms. The normalized spacial score (nSPS) is 12.1. The molecule has 0 spiro atoms. The number of carboxylic acid groups (broad SMARTS) is 1. The van der Waals surface area contributed by atoms with Crippen molar-refractivity contribution in [2.24, 2.45) is 0 Å². The van der Waals surface area contributed by atoms with Crippen LogP contribution in [0.4, 0.5) is 4.79 Å². The van der Waals surface area contributed by atoms with Gasteiger partial charge in [0.25, 0.3) is 0 Å². The molecule has 0 saturated heterocycles. The predicted octanol–water partition coefficient (Wildman–Crippen LogP) is 1.99. The second kappa shape index (κ2) is 5.85. The van der Waals surface area contributed by atoms with E-state index in [-0.39, 0.29) is 6.54 Å². The summed E-state index contributed by atoms with van der Waals surface area (Å²) in [5, 5.41) is 23.0. The number of rotatable bonds is 4. The molecule has 1 aromatic carbocycles. The van der Waals surface area contributed by atoms with Crippen LogP contribution in [0.2, 0.25) is 10.0 Å². The summed E-state index contributed by atoms with van der Waals surface area (Å²) in [6.07, 6.45) is 0.0626. The first-order valence-electron chi connectivity index (χ1n) is 5.22. The first-order chi connectivity index (χ1) is 9.08. The molecular weight excluding hydrogens is 293 g/mol. The first-order valence-corrected chi connectivity index (χ1v) is 5.97. The van der Waals surface area contributed by atoms with Crippen molar-refractivity contribution in [2.45, 2.75) is 12.6 Å². The van der Waals surface area contributed by atoms with E-state index in [1.165, 1.54) is 11.1 Å². The molecule has 7 nitrogen and oxygen atoms in total. The van der Waals surface area contributed by atoms with Crippen molar-refractivity contribution in [1.29, 1.82) is 0 Å². The highest BCUT2D eigenvalue weighted by molar-refractivity contribution is 6.36. The Balaban J connectivity index is 2.34. The molecular formula is C10H9Cl2N5O2. The molecule has 2 aromatic rings. The Morgan fingerprint density at radius 1 is 1.42 bits per heavy atom. The van der Waals surface area contributed by atoms with Crippen molar-refractivity contribution in [2.75, 3.05) is 0 Å². The molecule has 9 heteroatoms. The molecule has 1 unspecified atom stereocenters. The minimum atomic E-state index is -1.19. The van der Waals surface area contributed by atoms with Crippen LogP contribution in [-0.2, 0) is 6.54 Å². The summed E-state index contributed by atoms with van der Waals surface area (Å²) in [6, 6.07) is 4.27. The molecule has 1 atom stereocenters. The average Bonchev–Trinajstić information content (AvgIpc) is 2.80. The summed E-state index contributed by atoms with van der Waals surface area (Å²) in [5.74, 6) is 0. The van der Waals surface area contributed by atoms with Gasteiger partial charge in [-0.1, -0.05) is 29.3 Å². The monoisotopic (exact) mass is 301 g/mol. The van der Waals surface area contributed by atoms with Crippen LogP contribution < -0.4 is 5.32 Å². The summed E-state index contributed by atoms with van der Waals surface area (Å²) in [7, 11) is 0. The molecule has 1 heterocycles. The maximum Gasteiger partial charge on any atom is 0.405 e. The number of carbonyl (C=O) groups is 1. The summed E-state index contributed by atoms with van der Waals surface area (Å²) >= 11 is 12.1. The Hall–Kier alpha value is -1.86. The van der Waals surface area contributed by atoms with Crippen LogP contribution in [0.3, 0.4) is 0 Å². The number of aromatic nitrogens is 4. The Bertz CT molecular complexity index is 555. The van der Waals surface area contributed by atoms with Crippen molar-refractivity contribution >= 4 is 29.3 Å². The van der Waals surface area contributed by atoms with Gasteiger partial charge in [0.1, 0.15) is 0 Å². The number of nitrogens with one attached hydrogen (secondary N) is 1. The second-order valence-electron chi connectivity index (χ2n) is 3.63. The van der Waals surface area contributed by atoms with E-state index in [1.807, 2.05) is 0 Å². The van der Waals surface area contributed by atoms with Gasteiger partial charge in [-0.25, -0.2) is 4.79 Å². The number of tetrazole rings is 1. The first kappa shape index (κ1) is 13.6. The van der Waals surface area contributed by atoms with Gasteiger partial charge in [0.2, 0.25) is 0 Å². The van der Waals surface area contributed by atoms with E-state index in [0.29, 0.717) is 15.6 Å². The third-order valence-electron chi connectivity index (χ3n) is 2.38. The molecule has 0 aliphatic heterocycles. The molecule has 1 amide bonds. The number of hydrogen-bond donors (Lipinski definition) is 2. The van der Waals surface area contributed by atoms with Gasteiger partial charge in [-0.3, -0.25) is 0 Å². The molecule has 100 valence electrons. The van der Waals surface area contributed by atoms with Gasteiger partial charge in [-0.2, -0.15) is 4.80 Å². The summed E-state index contributed by atoms with van der Waals surface area (Å²) in [4.78, 5) is 12.1. The van der Waals surface area contributed by atoms with Crippen molar-refractivity contribution in [3.05, 3.63) is 40.1 Å². The van der Waals surface area contributed by atoms with E-state index in [4.69, 9.17) is 28.3 Å². The Kier molecular flexibility index (Phi) is 4.18. The van der Waals surface area contributed by atoms with Crippen LogP contribution in [0.25, 0.3) is 0 Å². The minimum absolute atomic E-state index is 0.135. The van der Waals surface area contributed by atoms with Crippen LogP contribution in [-0.4, -0.2) is 31.4 Å². The van der Waals surface area contributed by atoms with Crippen molar-refractivity contribution in [1.82, 2.24) is 25.5 Å². The maximum absolute atomic E-state index is 10.9. The van der Waals surface area contributed by atoms with Crippen molar-refractivity contribution < 1.29 is 9.90 Å². The molecule has 1 aromatic heterocycles. The lowest BCUT2D eigenvalue weighted by Crippen LogP contribution is -2.31. The highest BCUT2D eigenvalue weighted by atomic mass is 35.5. The molecule has 2 rings (SSSR count). The van der Waals surface area contributed by atoms with Gasteiger partial charge < -0.3 is 10.4 Å². The predicted molar refractivity (Wildman–Crippen MR) is 68.2 cm³/mol. The zero-order chi connectivity index (χ0) is 13.8. The van der Waals surface area contributed by atoms with Gasteiger partial charge in [-0.05, 0) is 17.3 Å². The molecule has 19 heavy (non-hydrogen) atoms. The number of amides is 1. The largest absolute Gasteiger partial charge is 0.465 e.